The van der Waals surface area contributed by atoms with Gasteiger partial charge in [0.1, 0.15) is 11.4 Å². The number of nitrogens with zero attached hydrogens (tertiary/aromatic N) is 5. The van der Waals surface area contributed by atoms with Gasteiger partial charge in [0.05, 0.1) is 11.9 Å². The number of hydrogen-bond donors (Lipinski definition) is 2. The van der Waals surface area contributed by atoms with Crippen LogP contribution >= 0.6 is 11.6 Å². The lowest BCUT2D eigenvalue weighted by molar-refractivity contribution is 0.0947. The molecule has 0 fully saturated rings. The molecule has 0 saturated carbocycles. The molecule has 0 unspecified atom stereocenters. The zero-order chi connectivity index (χ0) is 18.7. The number of carbonyl (C=O) groups is 1. The predicted molar refractivity (Wildman–Crippen MR) is 95.8 cm³/mol. The molecule has 0 bridgehead atoms. The quantitative estimate of drug-likeness (QED) is 0.530. The Morgan fingerprint density at radius 2 is 2.00 bits per heavy atom. The summed E-state index contributed by atoms with van der Waals surface area (Å²) in [5.41, 5.74) is 3.72. The Kier molecular flexibility index (Phi) is 4.90. The third kappa shape index (κ3) is 3.83. The van der Waals surface area contributed by atoms with Gasteiger partial charge in [0.2, 0.25) is 0 Å². The highest BCUT2D eigenvalue weighted by atomic mass is 35.5. The van der Waals surface area contributed by atoms with Crippen molar-refractivity contribution in [3.8, 4) is 5.95 Å². The minimum atomic E-state index is -0.515. The Morgan fingerprint density at radius 3 is 2.69 bits per heavy atom. The summed E-state index contributed by atoms with van der Waals surface area (Å²) in [5, 5.41) is 16.3. The van der Waals surface area contributed by atoms with Crippen molar-refractivity contribution in [1.82, 2.24) is 30.4 Å². The highest BCUT2D eigenvalue weighted by Gasteiger charge is 2.17. The maximum Gasteiger partial charge on any atom is 0.290 e. The summed E-state index contributed by atoms with van der Waals surface area (Å²) < 4.78 is 1.20. The highest BCUT2D eigenvalue weighted by Crippen LogP contribution is 2.09. The fourth-order valence-electron chi connectivity index (χ4n) is 2.07. The van der Waals surface area contributed by atoms with Crippen LogP contribution in [0.2, 0.25) is 5.02 Å². The Hall–Kier alpha value is -3.33. The molecule has 132 valence electrons. The van der Waals surface area contributed by atoms with Gasteiger partial charge in [0, 0.05) is 5.02 Å². The minimum Gasteiger partial charge on any atom is -0.288 e. The van der Waals surface area contributed by atoms with Crippen LogP contribution in [0, 0.1) is 13.8 Å². The minimum absolute atomic E-state index is 0.0422. The lowest BCUT2D eigenvalue weighted by atomic mass is 10.2. The van der Waals surface area contributed by atoms with E-state index in [9.17, 15) is 9.59 Å². The van der Waals surface area contributed by atoms with Gasteiger partial charge < -0.3 is 0 Å². The van der Waals surface area contributed by atoms with E-state index in [2.05, 4.69) is 30.8 Å². The molecule has 0 aliphatic rings. The molecular formula is C16H14ClN7O2. The molecule has 0 aliphatic carbocycles. The second-order valence-electron chi connectivity index (χ2n) is 5.40. The number of rotatable bonds is 4. The molecule has 0 spiro atoms. The van der Waals surface area contributed by atoms with Crippen molar-refractivity contribution >= 4 is 23.7 Å². The lowest BCUT2D eigenvalue weighted by Crippen LogP contribution is -2.24. The van der Waals surface area contributed by atoms with Crippen LogP contribution in [-0.4, -0.2) is 37.1 Å². The number of amides is 1. The van der Waals surface area contributed by atoms with Crippen molar-refractivity contribution in [1.29, 1.82) is 0 Å². The van der Waals surface area contributed by atoms with E-state index in [1.54, 1.807) is 37.3 Å². The Labute approximate surface area is 152 Å². The van der Waals surface area contributed by atoms with E-state index in [1.165, 1.54) is 17.8 Å². The van der Waals surface area contributed by atoms with Crippen LogP contribution in [0.15, 0.2) is 40.2 Å². The molecule has 0 saturated heterocycles. The van der Waals surface area contributed by atoms with Crippen molar-refractivity contribution in [2.75, 3.05) is 0 Å². The van der Waals surface area contributed by atoms with Crippen molar-refractivity contribution in [2.24, 2.45) is 5.10 Å². The zero-order valence-corrected chi connectivity index (χ0v) is 14.7. The second kappa shape index (κ2) is 7.28. The molecule has 0 radical (unpaired) electrons. The average molecular weight is 372 g/mol. The van der Waals surface area contributed by atoms with E-state index < -0.39 is 11.5 Å². The number of aryl methyl sites for hydroxylation is 2. The van der Waals surface area contributed by atoms with Crippen molar-refractivity contribution < 1.29 is 4.79 Å². The standard InChI is InChI=1S/C16H14ClN7O2/c1-9-7-13(24(23-9)16-19-14(25)10(2)20-22-16)15(26)21-18-8-11-3-5-12(17)6-4-11/h3-8H,1-2H3,(H,21,26)(H,19,22,25)/b18-8-. The first-order chi connectivity index (χ1) is 12.4. The second-order valence-corrected chi connectivity index (χ2v) is 5.83. The van der Waals surface area contributed by atoms with Gasteiger partial charge in [-0.2, -0.15) is 14.9 Å². The Balaban J connectivity index is 1.82. The molecule has 3 aromatic rings. The molecule has 1 aromatic carbocycles. The molecule has 3 rings (SSSR count). The van der Waals surface area contributed by atoms with Crippen LogP contribution in [0.25, 0.3) is 5.95 Å². The maximum atomic E-state index is 12.4. The smallest absolute Gasteiger partial charge is 0.288 e. The molecule has 0 aliphatic heterocycles. The number of halogens is 1. The Morgan fingerprint density at radius 1 is 1.27 bits per heavy atom. The average Bonchev–Trinajstić information content (AvgIpc) is 3.01. The van der Waals surface area contributed by atoms with Crippen LogP contribution in [0.1, 0.15) is 27.4 Å². The molecular weight excluding hydrogens is 358 g/mol. The summed E-state index contributed by atoms with van der Waals surface area (Å²) in [6.07, 6.45) is 1.48. The largest absolute Gasteiger partial charge is 0.290 e. The number of H-pyrrole nitrogens is 1. The number of carbonyl (C=O) groups excluding carboxylic acids is 1. The van der Waals surface area contributed by atoms with Gasteiger partial charge in [-0.05, 0) is 37.6 Å². The molecule has 1 amide bonds. The van der Waals surface area contributed by atoms with Crippen molar-refractivity contribution in [3.63, 3.8) is 0 Å². The van der Waals surface area contributed by atoms with Crippen LogP contribution in [0.3, 0.4) is 0 Å². The zero-order valence-electron chi connectivity index (χ0n) is 13.9. The number of hydrogen-bond acceptors (Lipinski definition) is 6. The fraction of sp³-hybridized carbons (Fsp3) is 0.125. The number of nitrogens with one attached hydrogen (secondary N) is 2. The SMILES string of the molecule is Cc1cc(C(=O)N/N=C\c2ccc(Cl)cc2)n(-c2nnc(C)c(=O)[nH]2)n1. The maximum absolute atomic E-state index is 12.4. The summed E-state index contributed by atoms with van der Waals surface area (Å²) in [4.78, 5) is 26.7. The van der Waals surface area contributed by atoms with Crippen LogP contribution in [-0.2, 0) is 0 Å². The number of aromatic nitrogens is 5. The predicted octanol–water partition coefficient (Wildman–Crippen LogP) is 1.38. The van der Waals surface area contributed by atoms with E-state index in [1.807, 2.05) is 0 Å². The first-order valence-corrected chi connectivity index (χ1v) is 7.91. The van der Waals surface area contributed by atoms with Gasteiger partial charge in [-0.1, -0.05) is 23.7 Å². The third-order valence-electron chi connectivity index (χ3n) is 3.36. The molecule has 2 aromatic heterocycles. The molecule has 9 nitrogen and oxygen atoms in total. The summed E-state index contributed by atoms with van der Waals surface area (Å²) >= 11 is 5.81. The molecule has 10 heteroatoms. The van der Waals surface area contributed by atoms with Gasteiger partial charge in [0.15, 0.2) is 0 Å². The third-order valence-corrected chi connectivity index (χ3v) is 3.62. The fourth-order valence-corrected chi connectivity index (χ4v) is 2.20. The molecule has 2 heterocycles. The number of benzene rings is 1. The van der Waals surface area contributed by atoms with Crippen molar-refractivity contribution in [3.05, 3.63) is 68.4 Å². The van der Waals surface area contributed by atoms with E-state index in [0.717, 1.165) is 5.56 Å². The van der Waals surface area contributed by atoms with Gasteiger partial charge in [-0.15, -0.1) is 10.2 Å². The van der Waals surface area contributed by atoms with E-state index >= 15 is 0 Å². The lowest BCUT2D eigenvalue weighted by Gasteiger charge is -2.04. The van der Waals surface area contributed by atoms with E-state index in [0.29, 0.717) is 10.7 Å². The van der Waals surface area contributed by atoms with E-state index in [4.69, 9.17) is 11.6 Å². The normalized spacial score (nSPS) is 11.0. The van der Waals surface area contributed by atoms with Crippen LogP contribution < -0.4 is 11.0 Å². The summed E-state index contributed by atoms with van der Waals surface area (Å²) in [5.74, 6) is -0.473. The first kappa shape index (κ1) is 17.5. The topological polar surface area (TPSA) is 118 Å². The van der Waals surface area contributed by atoms with Gasteiger partial charge in [-0.3, -0.25) is 14.6 Å². The first-order valence-electron chi connectivity index (χ1n) is 7.53. The van der Waals surface area contributed by atoms with E-state index in [-0.39, 0.29) is 17.3 Å². The number of aromatic amines is 1. The van der Waals surface area contributed by atoms with Gasteiger partial charge >= 0.3 is 0 Å². The summed E-state index contributed by atoms with van der Waals surface area (Å²) in [6, 6.07) is 8.51. The highest BCUT2D eigenvalue weighted by molar-refractivity contribution is 6.30. The van der Waals surface area contributed by atoms with Crippen molar-refractivity contribution in [2.45, 2.75) is 13.8 Å². The van der Waals surface area contributed by atoms with Gasteiger partial charge in [-0.25, -0.2) is 5.43 Å². The monoisotopic (exact) mass is 371 g/mol. The molecule has 0 atom stereocenters. The number of hydrazone groups is 1. The van der Waals surface area contributed by atoms with Gasteiger partial charge in [0.25, 0.3) is 17.4 Å². The van der Waals surface area contributed by atoms with Crippen LogP contribution in [0.5, 0.6) is 0 Å². The van der Waals surface area contributed by atoms with Crippen LogP contribution in [0.4, 0.5) is 0 Å². The summed E-state index contributed by atoms with van der Waals surface area (Å²) in [6.45, 7) is 3.24. The Bertz CT molecular complexity index is 1040. The molecule has 26 heavy (non-hydrogen) atoms. The molecule has 2 N–H and O–H groups in total. The summed E-state index contributed by atoms with van der Waals surface area (Å²) in [7, 11) is 0.